The number of rotatable bonds is 4. The normalized spacial score (nSPS) is 15.1. The predicted molar refractivity (Wildman–Crippen MR) is 125 cm³/mol. The van der Waals surface area contributed by atoms with Crippen molar-refractivity contribution in [2.75, 3.05) is 18.5 Å². The quantitative estimate of drug-likeness (QED) is 0.405. The number of anilines is 1. The second-order valence-corrected chi connectivity index (χ2v) is 8.08. The van der Waals surface area contributed by atoms with Crippen molar-refractivity contribution < 1.29 is 13.9 Å². The van der Waals surface area contributed by atoms with E-state index in [2.05, 4.69) is 25.5 Å². The molecule has 6 rings (SSSR count). The highest BCUT2D eigenvalue weighted by Gasteiger charge is 2.22. The first-order valence-electron chi connectivity index (χ1n) is 10.4. The molecule has 0 spiro atoms. The number of hydrogen-bond acceptors (Lipinski definition) is 7. The highest BCUT2D eigenvalue weighted by Crippen LogP contribution is 2.31. The fourth-order valence-electron chi connectivity index (χ4n) is 3.93. The van der Waals surface area contributed by atoms with Gasteiger partial charge in [0.2, 0.25) is 5.95 Å². The third kappa shape index (κ3) is 3.30. The average Bonchev–Trinajstić information content (AvgIpc) is 3.36. The van der Waals surface area contributed by atoms with Crippen LogP contribution in [0.5, 0.6) is 11.5 Å². The Hall–Kier alpha value is -4.18. The van der Waals surface area contributed by atoms with Crippen LogP contribution in [0.15, 0.2) is 59.7 Å². The SMILES string of the molecule is O=c1c2c[nH]nc2c2cnc(NC[C@H]3COc4ccccc4O3)nc2n1-c1cccc(Cl)c1F. The number of aromatic amines is 1. The Bertz CT molecular complexity index is 1620. The number of ether oxygens (including phenoxy) is 2. The fourth-order valence-corrected chi connectivity index (χ4v) is 4.10. The van der Waals surface area contributed by atoms with Crippen molar-refractivity contribution in [2.45, 2.75) is 6.10 Å². The number of fused-ring (bicyclic) bond motifs is 4. The Morgan fingerprint density at radius 2 is 2.03 bits per heavy atom. The number of halogens is 2. The molecule has 2 N–H and O–H groups in total. The van der Waals surface area contributed by atoms with E-state index in [0.717, 1.165) is 0 Å². The monoisotopic (exact) mass is 478 g/mol. The molecule has 3 aromatic heterocycles. The number of aromatic nitrogens is 5. The van der Waals surface area contributed by atoms with Gasteiger partial charge in [-0.05, 0) is 24.3 Å². The van der Waals surface area contributed by atoms with Crippen LogP contribution in [-0.2, 0) is 0 Å². The molecule has 0 fully saturated rings. The van der Waals surface area contributed by atoms with Crippen molar-refractivity contribution in [3.05, 3.63) is 76.1 Å². The molecule has 1 atom stereocenters. The highest BCUT2D eigenvalue weighted by molar-refractivity contribution is 6.30. The summed E-state index contributed by atoms with van der Waals surface area (Å²) in [6.07, 6.45) is 2.72. The van der Waals surface area contributed by atoms with Gasteiger partial charge in [0.25, 0.3) is 5.56 Å². The largest absolute Gasteiger partial charge is 0.486 e. The van der Waals surface area contributed by atoms with Gasteiger partial charge in [0.05, 0.1) is 28.0 Å². The van der Waals surface area contributed by atoms with Gasteiger partial charge < -0.3 is 14.8 Å². The molecule has 170 valence electrons. The van der Waals surface area contributed by atoms with Crippen LogP contribution in [0.4, 0.5) is 10.3 Å². The van der Waals surface area contributed by atoms with Gasteiger partial charge in [0.15, 0.2) is 23.0 Å². The standard InChI is InChI=1S/C23H16ClFN6O3/c24-15-4-3-5-16(19(15)25)31-21-13(20-14(22(31)32)10-28-30-20)9-27-23(29-21)26-8-12-11-33-17-6-1-2-7-18(17)34-12/h1-7,9-10,12H,8,11H2,(H,28,30)(H,26,27,29)/t12-/m0/s1. The summed E-state index contributed by atoms with van der Waals surface area (Å²) in [4.78, 5) is 22.2. The average molecular weight is 479 g/mol. The Labute approximate surface area is 196 Å². The van der Waals surface area contributed by atoms with E-state index < -0.39 is 11.4 Å². The zero-order valence-electron chi connectivity index (χ0n) is 17.5. The van der Waals surface area contributed by atoms with Crippen molar-refractivity contribution in [2.24, 2.45) is 0 Å². The summed E-state index contributed by atoms with van der Waals surface area (Å²) in [6, 6.07) is 11.9. The minimum Gasteiger partial charge on any atom is -0.486 e. The zero-order chi connectivity index (χ0) is 23.2. The third-order valence-electron chi connectivity index (χ3n) is 5.54. The molecular formula is C23H16ClFN6O3. The van der Waals surface area contributed by atoms with Gasteiger partial charge >= 0.3 is 0 Å². The van der Waals surface area contributed by atoms with Gasteiger partial charge in [-0.3, -0.25) is 14.5 Å². The zero-order valence-corrected chi connectivity index (χ0v) is 18.2. The van der Waals surface area contributed by atoms with E-state index in [1.807, 2.05) is 24.3 Å². The number of pyridine rings is 1. The van der Waals surface area contributed by atoms with Crippen LogP contribution >= 0.6 is 11.6 Å². The van der Waals surface area contributed by atoms with Crippen LogP contribution in [0, 0.1) is 5.82 Å². The van der Waals surface area contributed by atoms with Crippen molar-refractivity contribution >= 4 is 39.5 Å². The smallest absolute Gasteiger partial charge is 0.267 e. The van der Waals surface area contributed by atoms with E-state index in [0.29, 0.717) is 35.6 Å². The van der Waals surface area contributed by atoms with E-state index in [1.54, 1.807) is 12.3 Å². The minimum atomic E-state index is -0.727. The van der Waals surface area contributed by atoms with Crippen molar-refractivity contribution in [1.29, 1.82) is 0 Å². The molecule has 5 aromatic rings. The molecule has 1 aliphatic rings. The molecule has 0 unspecified atom stereocenters. The number of benzene rings is 2. The molecule has 0 bridgehead atoms. The van der Waals surface area contributed by atoms with Crippen molar-refractivity contribution in [3.8, 4) is 17.2 Å². The topological polar surface area (TPSA) is 107 Å². The first-order valence-corrected chi connectivity index (χ1v) is 10.8. The second-order valence-electron chi connectivity index (χ2n) is 7.67. The van der Waals surface area contributed by atoms with Crippen molar-refractivity contribution in [1.82, 2.24) is 24.7 Å². The lowest BCUT2D eigenvalue weighted by Crippen LogP contribution is -2.35. The first-order chi connectivity index (χ1) is 16.6. The maximum atomic E-state index is 14.9. The Morgan fingerprint density at radius 3 is 2.91 bits per heavy atom. The molecule has 4 heterocycles. The van der Waals surface area contributed by atoms with Crippen LogP contribution in [0.25, 0.3) is 27.6 Å². The fraction of sp³-hybridized carbons (Fsp3) is 0.130. The Kier molecular flexibility index (Phi) is 4.80. The van der Waals surface area contributed by atoms with Gasteiger partial charge in [-0.25, -0.2) is 9.37 Å². The summed E-state index contributed by atoms with van der Waals surface area (Å²) < 4.78 is 27.8. The summed E-state index contributed by atoms with van der Waals surface area (Å²) in [5.41, 5.74) is 0.0823. The summed E-state index contributed by atoms with van der Waals surface area (Å²) in [6.45, 7) is 0.699. The molecule has 11 heteroatoms. The predicted octanol–water partition coefficient (Wildman–Crippen LogP) is 3.70. The number of hydrogen-bond donors (Lipinski definition) is 2. The Morgan fingerprint density at radius 1 is 1.18 bits per heavy atom. The Balaban J connectivity index is 1.40. The maximum absolute atomic E-state index is 14.9. The van der Waals surface area contributed by atoms with Crippen LogP contribution in [0.3, 0.4) is 0 Å². The van der Waals surface area contributed by atoms with Gasteiger partial charge in [0.1, 0.15) is 18.2 Å². The molecule has 1 aliphatic heterocycles. The molecule has 0 amide bonds. The van der Waals surface area contributed by atoms with Gasteiger partial charge in [0, 0.05) is 12.4 Å². The lowest BCUT2D eigenvalue weighted by Gasteiger charge is -2.26. The summed E-state index contributed by atoms with van der Waals surface area (Å²) in [5, 5.41) is 10.6. The number of para-hydroxylation sites is 2. The molecule has 34 heavy (non-hydrogen) atoms. The van der Waals surface area contributed by atoms with Gasteiger partial charge in [-0.2, -0.15) is 10.1 Å². The maximum Gasteiger partial charge on any atom is 0.267 e. The third-order valence-corrected chi connectivity index (χ3v) is 5.83. The lowest BCUT2D eigenvalue weighted by molar-refractivity contribution is 0.0996. The van der Waals surface area contributed by atoms with E-state index in [-0.39, 0.29) is 33.8 Å². The van der Waals surface area contributed by atoms with Crippen molar-refractivity contribution in [3.63, 3.8) is 0 Å². The molecular weight excluding hydrogens is 463 g/mol. The minimum absolute atomic E-state index is 0.0177. The number of H-pyrrole nitrogens is 1. The highest BCUT2D eigenvalue weighted by atomic mass is 35.5. The molecule has 9 nitrogen and oxygen atoms in total. The molecule has 0 saturated carbocycles. The van der Waals surface area contributed by atoms with E-state index >= 15 is 0 Å². The number of nitrogens with zero attached hydrogens (tertiary/aromatic N) is 4. The molecule has 0 radical (unpaired) electrons. The molecule has 2 aromatic carbocycles. The van der Waals surface area contributed by atoms with E-state index in [4.69, 9.17) is 21.1 Å². The van der Waals surface area contributed by atoms with E-state index in [9.17, 15) is 9.18 Å². The second kappa shape index (κ2) is 7.99. The van der Waals surface area contributed by atoms with E-state index in [1.165, 1.54) is 22.9 Å². The van der Waals surface area contributed by atoms with Crippen LogP contribution in [0.1, 0.15) is 0 Å². The molecule has 0 aliphatic carbocycles. The lowest BCUT2D eigenvalue weighted by atomic mass is 10.2. The number of nitrogens with one attached hydrogen (secondary N) is 2. The van der Waals surface area contributed by atoms with Gasteiger partial charge in [-0.15, -0.1) is 0 Å². The van der Waals surface area contributed by atoms with Gasteiger partial charge in [-0.1, -0.05) is 29.8 Å². The van der Waals surface area contributed by atoms with Crippen LogP contribution in [-0.4, -0.2) is 44.0 Å². The summed E-state index contributed by atoms with van der Waals surface area (Å²) in [7, 11) is 0. The summed E-state index contributed by atoms with van der Waals surface area (Å²) in [5.74, 6) is 0.859. The van der Waals surface area contributed by atoms with Crippen LogP contribution in [0.2, 0.25) is 5.02 Å². The molecule has 0 saturated heterocycles. The first kappa shape index (κ1) is 20.4. The summed E-state index contributed by atoms with van der Waals surface area (Å²) >= 11 is 5.99. The van der Waals surface area contributed by atoms with Crippen LogP contribution < -0.4 is 20.3 Å².